The van der Waals surface area contributed by atoms with Gasteiger partial charge in [-0.2, -0.15) is 0 Å². The molecule has 1 rings (SSSR count). The van der Waals surface area contributed by atoms with Crippen LogP contribution in [-0.4, -0.2) is 33.5 Å². The van der Waals surface area contributed by atoms with Crippen molar-refractivity contribution in [3.63, 3.8) is 0 Å². The minimum absolute atomic E-state index is 0.373. The molecule has 0 aromatic carbocycles. The molecule has 3 atom stereocenters. The lowest BCUT2D eigenvalue weighted by atomic mass is 10.1. The molecule has 0 unspecified atom stereocenters. The molecule has 4 nitrogen and oxygen atoms in total. The van der Waals surface area contributed by atoms with Crippen molar-refractivity contribution < 1.29 is 20.1 Å². The third-order valence-electron chi connectivity index (χ3n) is 1.90. The molecule has 0 heterocycles. The zero-order chi connectivity index (χ0) is 7.72. The maximum Gasteiger partial charge on any atom is 0.309 e. The molecule has 0 saturated heterocycles. The van der Waals surface area contributed by atoms with Crippen LogP contribution in [0.2, 0.25) is 0 Å². The van der Waals surface area contributed by atoms with Gasteiger partial charge in [-0.15, -0.1) is 0 Å². The highest BCUT2D eigenvalue weighted by Gasteiger charge is 2.37. The molecule has 1 saturated carbocycles. The summed E-state index contributed by atoms with van der Waals surface area (Å²) in [6.45, 7) is 0. The fraction of sp³-hybridized carbons (Fsp3) is 0.833. The first-order valence-electron chi connectivity index (χ1n) is 3.22. The number of aliphatic hydroxyl groups is 2. The van der Waals surface area contributed by atoms with E-state index in [2.05, 4.69) is 0 Å². The Morgan fingerprint density at radius 3 is 2.10 bits per heavy atom. The number of hydrogen-bond donors (Lipinski definition) is 3. The molecule has 1 aliphatic carbocycles. The molecule has 0 aliphatic heterocycles. The number of hydrogen-bond acceptors (Lipinski definition) is 3. The van der Waals surface area contributed by atoms with Gasteiger partial charge in [-0.25, -0.2) is 0 Å². The van der Waals surface area contributed by atoms with Crippen molar-refractivity contribution >= 4 is 5.97 Å². The topological polar surface area (TPSA) is 77.8 Å². The number of aliphatic carboxylic acids is 1. The predicted octanol–water partition coefficient (Wildman–Crippen LogP) is -0.797. The van der Waals surface area contributed by atoms with Gasteiger partial charge in [0.25, 0.3) is 0 Å². The first kappa shape index (κ1) is 7.50. The SMILES string of the molecule is O=C(O)[C@H]1CC[C@H](O)[C@H]1O. The van der Waals surface area contributed by atoms with Crippen molar-refractivity contribution in [2.24, 2.45) is 5.92 Å². The monoisotopic (exact) mass is 146 g/mol. The smallest absolute Gasteiger partial charge is 0.309 e. The molecule has 0 aromatic rings. The lowest BCUT2D eigenvalue weighted by Crippen LogP contribution is -2.29. The summed E-state index contributed by atoms with van der Waals surface area (Å²) in [4.78, 5) is 10.3. The average molecular weight is 146 g/mol. The van der Waals surface area contributed by atoms with Gasteiger partial charge in [-0.05, 0) is 12.8 Å². The third-order valence-corrected chi connectivity index (χ3v) is 1.90. The second-order valence-corrected chi connectivity index (χ2v) is 2.58. The van der Waals surface area contributed by atoms with Crippen LogP contribution >= 0.6 is 0 Å². The van der Waals surface area contributed by atoms with Crippen LogP contribution in [0.5, 0.6) is 0 Å². The number of aliphatic hydroxyl groups excluding tert-OH is 2. The van der Waals surface area contributed by atoms with Crippen LogP contribution in [0.3, 0.4) is 0 Å². The van der Waals surface area contributed by atoms with Crippen molar-refractivity contribution in [3.05, 3.63) is 0 Å². The van der Waals surface area contributed by atoms with Gasteiger partial charge in [-0.3, -0.25) is 4.79 Å². The van der Waals surface area contributed by atoms with E-state index in [-0.39, 0.29) is 0 Å². The van der Waals surface area contributed by atoms with Gasteiger partial charge < -0.3 is 15.3 Å². The van der Waals surface area contributed by atoms with Gasteiger partial charge in [0.1, 0.15) is 0 Å². The van der Waals surface area contributed by atoms with Crippen LogP contribution in [0.4, 0.5) is 0 Å². The Kier molecular flexibility index (Phi) is 1.92. The van der Waals surface area contributed by atoms with Gasteiger partial charge in [0.15, 0.2) is 0 Å². The number of carbonyl (C=O) groups is 1. The number of rotatable bonds is 1. The van der Waals surface area contributed by atoms with Gasteiger partial charge in [-0.1, -0.05) is 0 Å². The van der Waals surface area contributed by atoms with Crippen LogP contribution in [0.25, 0.3) is 0 Å². The second-order valence-electron chi connectivity index (χ2n) is 2.58. The van der Waals surface area contributed by atoms with E-state index >= 15 is 0 Å². The van der Waals surface area contributed by atoms with Crippen LogP contribution in [0, 0.1) is 5.92 Å². The zero-order valence-electron chi connectivity index (χ0n) is 5.40. The first-order chi connectivity index (χ1) is 4.63. The molecule has 0 radical (unpaired) electrons. The Labute approximate surface area is 58.1 Å². The summed E-state index contributed by atoms with van der Waals surface area (Å²) in [5, 5.41) is 26.3. The van der Waals surface area contributed by atoms with Crippen molar-refractivity contribution in [1.29, 1.82) is 0 Å². The van der Waals surface area contributed by atoms with Gasteiger partial charge in [0, 0.05) is 0 Å². The highest BCUT2D eigenvalue weighted by Crippen LogP contribution is 2.25. The van der Waals surface area contributed by atoms with Crippen molar-refractivity contribution in [3.8, 4) is 0 Å². The molecule has 0 bridgehead atoms. The summed E-state index contributed by atoms with van der Waals surface area (Å²) in [6.07, 6.45) is -1.16. The quantitative estimate of drug-likeness (QED) is 0.452. The molecule has 10 heavy (non-hydrogen) atoms. The van der Waals surface area contributed by atoms with Crippen molar-refractivity contribution in [2.75, 3.05) is 0 Å². The minimum atomic E-state index is -1.07. The van der Waals surface area contributed by atoms with Gasteiger partial charge in [0.05, 0.1) is 18.1 Å². The molecule has 0 aromatic heterocycles. The second kappa shape index (κ2) is 2.56. The number of carboxylic acid groups (broad SMARTS) is 1. The average Bonchev–Trinajstić information content (AvgIpc) is 2.14. The predicted molar refractivity (Wildman–Crippen MR) is 32.4 cm³/mol. The Morgan fingerprint density at radius 1 is 1.30 bits per heavy atom. The Hall–Kier alpha value is -0.610. The normalized spacial score (nSPS) is 40.0. The van der Waals surface area contributed by atoms with Crippen LogP contribution in [0.1, 0.15) is 12.8 Å². The largest absolute Gasteiger partial charge is 0.481 e. The summed E-state index contributed by atoms with van der Waals surface area (Å²) in [7, 11) is 0. The lowest BCUT2D eigenvalue weighted by Gasteiger charge is -2.10. The van der Waals surface area contributed by atoms with Crippen LogP contribution < -0.4 is 0 Å². The van der Waals surface area contributed by atoms with E-state index in [1.807, 2.05) is 0 Å². The first-order valence-corrected chi connectivity index (χ1v) is 3.22. The maximum absolute atomic E-state index is 10.3. The Balaban J connectivity index is 2.57. The molecule has 1 fully saturated rings. The summed E-state index contributed by atoms with van der Waals surface area (Å²) in [5.41, 5.74) is 0. The van der Waals surface area contributed by atoms with E-state index in [0.29, 0.717) is 12.8 Å². The third kappa shape index (κ3) is 1.12. The van der Waals surface area contributed by atoms with Gasteiger partial charge in [0.2, 0.25) is 0 Å². The molecule has 0 amide bonds. The fourth-order valence-corrected chi connectivity index (χ4v) is 1.23. The van der Waals surface area contributed by atoms with E-state index < -0.39 is 24.1 Å². The number of carboxylic acids is 1. The zero-order valence-corrected chi connectivity index (χ0v) is 5.40. The fourth-order valence-electron chi connectivity index (χ4n) is 1.23. The molecule has 1 aliphatic rings. The summed E-state index contributed by atoms with van der Waals surface area (Å²) in [6, 6.07) is 0. The van der Waals surface area contributed by atoms with Crippen LogP contribution in [-0.2, 0) is 4.79 Å². The molecule has 0 spiro atoms. The summed E-state index contributed by atoms with van der Waals surface area (Å²) < 4.78 is 0. The molecular weight excluding hydrogens is 136 g/mol. The highest BCUT2D eigenvalue weighted by molar-refractivity contribution is 5.71. The molecule has 4 heteroatoms. The van der Waals surface area contributed by atoms with Crippen LogP contribution in [0.15, 0.2) is 0 Å². The standard InChI is InChI=1S/C6H10O4/c7-4-2-1-3(5(4)8)6(9)10/h3-5,7-8H,1-2H2,(H,9,10)/t3-,4-,5-/m0/s1. The Bertz CT molecular complexity index is 145. The van der Waals surface area contributed by atoms with E-state index in [0.717, 1.165) is 0 Å². The molecule has 3 N–H and O–H groups in total. The van der Waals surface area contributed by atoms with E-state index in [1.165, 1.54) is 0 Å². The van der Waals surface area contributed by atoms with Crippen molar-refractivity contribution in [1.82, 2.24) is 0 Å². The Morgan fingerprint density at radius 2 is 1.90 bits per heavy atom. The van der Waals surface area contributed by atoms with E-state index in [9.17, 15) is 4.79 Å². The van der Waals surface area contributed by atoms with Gasteiger partial charge >= 0.3 is 5.97 Å². The molecular formula is C6H10O4. The summed E-state index contributed by atoms with van der Waals surface area (Å²) >= 11 is 0. The molecule has 58 valence electrons. The van der Waals surface area contributed by atoms with E-state index in [4.69, 9.17) is 15.3 Å². The van der Waals surface area contributed by atoms with Crippen molar-refractivity contribution in [2.45, 2.75) is 25.0 Å². The minimum Gasteiger partial charge on any atom is -0.481 e. The van der Waals surface area contributed by atoms with E-state index in [1.54, 1.807) is 0 Å². The summed E-state index contributed by atoms with van der Waals surface area (Å²) in [5.74, 6) is -1.79. The lowest BCUT2D eigenvalue weighted by molar-refractivity contribution is -0.145. The maximum atomic E-state index is 10.3. The highest BCUT2D eigenvalue weighted by atomic mass is 16.4.